The Labute approximate surface area is 137 Å². The lowest BCUT2D eigenvalue weighted by molar-refractivity contribution is 0.0951. The molecule has 7 heteroatoms. The van der Waals surface area contributed by atoms with Gasteiger partial charge < -0.3 is 5.32 Å². The SMILES string of the molecule is CS(=O)(=O)N1CCC[C@@H](c2ccc(C(=O)NCC3CC3)cn2)C1. The lowest BCUT2D eigenvalue weighted by atomic mass is 9.95. The van der Waals surface area contributed by atoms with Gasteiger partial charge in [-0.15, -0.1) is 0 Å². The summed E-state index contributed by atoms with van der Waals surface area (Å²) >= 11 is 0. The molecule has 23 heavy (non-hydrogen) atoms. The zero-order valence-electron chi connectivity index (χ0n) is 13.4. The Hall–Kier alpha value is -1.47. The van der Waals surface area contributed by atoms with Crippen molar-refractivity contribution in [1.82, 2.24) is 14.6 Å². The normalized spacial score (nSPS) is 22.7. The molecule has 3 rings (SSSR count). The van der Waals surface area contributed by atoms with E-state index in [1.165, 1.54) is 23.4 Å². The van der Waals surface area contributed by atoms with Crippen LogP contribution in [0.15, 0.2) is 18.3 Å². The molecule has 2 aliphatic rings. The fourth-order valence-corrected chi connectivity index (χ4v) is 3.84. The molecule has 1 amide bonds. The van der Waals surface area contributed by atoms with Crippen LogP contribution in [0.5, 0.6) is 0 Å². The van der Waals surface area contributed by atoms with Crippen LogP contribution in [0.25, 0.3) is 0 Å². The third-order valence-electron chi connectivity index (χ3n) is 4.57. The van der Waals surface area contributed by atoms with E-state index < -0.39 is 10.0 Å². The number of nitrogens with one attached hydrogen (secondary N) is 1. The van der Waals surface area contributed by atoms with E-state index in [1.807, 2.05) is 6.07 Å². The number of aromatic nitrogens is 1. The predicted molar refractivity (Wildman–Crippen MR) is 87.7 cm³/mol. The molecular formula is C16H23N3O3S. The van der Waals surface area contributed by atoms with E-state index in [0.717, 1.165) is 25.1 Å². The molecule has 1 N–H and O–H groups in total. The maximum absolute atomic E-state index is 12.0. The summed E-state index contributed by atoms with van der Waals surface area (Å²) in [4.78, 5) is 16.4. The zero-order chi connectivity index (χ0) is 16.4. The van der Waals surface area contributed by atoms with E-state index in [4.69, 9.17) is 0 Å². The van der Waals surface area contributed by atoms with Gasteiger partial charge in [0, 0.05) is 37.4 Å². The van der Waals surface area contributed by atoms with Gasteiger partial charge in [0.15, 0.2) is 0 Å². The van der Waals surface area contributed by atoms with Crippen molar-refractivity contribution in [3.05, 3.63) is 29.6 Å². The van der Waals surface area contributed by atoms with Crippen LogP contribution in [0.4, 0.5) is 0 Å². The first-order valence-electron chi connectivity index (χ1n) is 8.13. The smallest absolute Gasteiger partial charge is 0.252 e. The first kappa shape index (κ1) is 16.4. The van der Waals surface area contributed by atoms with E-state index in [0.29, 0.717) is 24.6 Å². The van der Waals surface area contributed by atoms with Crippen LogP contribution in [-0.4, -0.2) is 49.5 Å². The van der Waals surface area contributed by atoms with Crippen molar-refractivity contribution in [1.29, 1.82) is 0 Å². The van der Waals surface area contributed by atoms with Crippen LogP contribution >= 0.6 is 0 Å². The summed E-state index contributed by atoms with van der Waals surface area (Å²) in [6.45, 7) is 1.79. The highest BCUT2D eigenvalue weighted by atomic mass is 32.2. The summed E-state index contributed by atoms with van der Waals surface area (Å²) in [5.41, 5.74) is 1.42. The number of sulfonamides is 1. The van der Waals surface area contributed by atoms with Crippen molar-refractivity contribution in [2.45, 2.75) is 31.6 Å². The number of rotatable bonds is 5. The van der Waals surface area contributed by atoms with E-state index in [-0.39, 0.29) is 11.8 Å². The topological polar surface area (TPSA) is 79.4 Å². The molecule has 1 atom stereocenters. The lowest BCUT2D eigenvalue weighted by Crippen LogP contribution is -2.38. The van der Waals surface area contributed by atoms with Gasteiger partial charge >= 0.3 is 0 Å². The number of hydrogen-bond acceptors (Lipinski definition) is 4. The number of hydrogen-bond donors (Lipinski definition) is 1. The maximum Gasteiger partial charge on any atom is 0.252 e. The van der Waals surface area contributed by atoms with Crippen LogP contribution < -0.4 is 5.32 Å². The molecule has 1 saturated heterocycles. The molecule has 126 valence electrons. The fourth-order valence-electron chi connectivity index (χ4n) is 2.93. The molecule has 1 aliphatic heterocycles. The van der Waals surface area contributed by atoms with E-state index in [2.05, 4.69) is 10.3 Å². The maximum atomic E-state index is 12.0. The average molecular weight is 337 g/mol. The second-order valence-corrected chi connectivity index (χ2v) is 8.57. The third-order valence-corrected chi connectivity index (χ3v) is 5.84. The predicted octanol–water partition coefficient (Wildman–Crippen LogP) is 1.36. The summed E-state index contributed by atoms with van der Waals surface area (Å²) in [6.07, 6.45) is 7.01. The molecule has 1 aromatic heterocycles. The largest absolute Gasteiger partial charge is 0.352 e. The molecule has 0 unspecified atom stereocenters. The Morgan fingerprint density at radius 1 is 1.35 bits per heavy atom. The second-order valence-electron chi connectivity index (χ2n) is 6.59. The summed E-state index contributed by atoms with van der Waals surface area (Å²) in [5.74, 6) is 0.662. The minimum absolute atomic E-state index is 0.0858. The van der Waals surface area contributed by atoms with Crippen molar-refractivity contribution in [3.8, 4) is 0 Å². The van der Waals surface area contributed by atoms with Gasteiger partial charge in [-0.2, -0.15) is 0 Å². The number of nitrogens with zero attached hydrogens (tertiary/aromatic N) is 2. The molecule has 0 spiro atoms. The van der Waals surface area contributed by atoms with Gasteiger partial charge in [-0.3, -0.25) is 9.78 Å². The number of carbonyl (C=O) groups is 1. The first-order valence-corrected chi connectivity index (χ1v) is 9.97. The van der Waals surface area contributed by atoms with Crippen molar-refractivity contribution in [2.24, 2.45) is 5.92 Å². The molecule has 1 aromatic rings. The Morgan fingerprint density at radius 3 is 2.74 bits per heavy atom. The Balaban J connectivity index is 1.63. The molecule has 0 bridgehead atoms. The molecule has 0 radical (unpaired) electrons. The van der Waals surface area contributed by atoms with Crippen molar-refractivity contribution < 1.29 is 13.2 Å². The minimum Gasteiger partial charge on any atom is -0.352 e. The first-order chi connectivity index (χ1) is 10.9. The molecule has 2 fully saturated rings. The van der Waals surface area contributed by atoms with Crippen molar-refractivity contribution in [2.75, 3.05) is 25.9 Å². The summed E-state index contributed by atoms with van der Waals surface area (Å²) in [6, 6.07) is 3.63. The minimum atomic E-state index is -3.16. The number of pyridine rings is 1. The van der Waals surface area contributed by atoms with E-state index in [1.54, 1.807) is 12.3 Å². The van der Waals surface area contributed by atoms with Gasteiger partial charge in [0.2, 0.25) is 10.0 Å². The van der Waals surface area contributed by atoms with Crippen LogP contribution in [-0.2, 0) is 10.0 Å². The van der Waals surface area contributed by atoms with Crippen LogP contribution in [0, 0.1) is 5.92 Å². The van der Waals surface area contributed by atoms with E-state index in [9.17, 15) is 13.2 Å². The van der Waals surface area contributed by atoms with Crippen molar-refractivity contribution in [3.63, 3.8) is 0 Å². The highest BCUT2D eigenvalue weighted by Crippen LogP contribution is 2.28. The molecule has 6 nitrogen and oxygen atoms in total. The van der Waals surface area contributed by atoms with Crippen LogP contribution in [0.1, 0.15) is 47.7 Å². The quantitative estimate of drug-likeness (QED) is 0.880. The van der Waals surface area contributed by atoms with Gasteiger partial charge in [-0.1, -0.05) is 0 Å². The standard InChI is InChI=1S/C16H23N3O3S/c1-23(21,22)19-8-2-3-14(11-19)15-7-6-13(10-17-15)16(20)18-9-12-4-5-12/h6-7,10,12,14H,2-5,8-9,11H2,1H3,(H,18,20)/t14-/m1/s1. The molecule has 0 aromatic carbocycles. The summed E-state index contributed by atoms with van der Waals surface area (Å²) in [5, 5.41) is 2.92. The van der Waals surface area contributed by atoms with Crippen LogP contribution in [0.3, 0.4) is 0 Å². The summed E-state index contributed by atoms with van der Waals surface area (Å²) in [7, 11) is -3.16. The fraction of sp³-hybridized carbons (Fsp3) is 0.625. The average Bonchev–Trinajstić information content (AvgIpc) is 3.36. The van der Waals surface area contributed by atoms with Gasteiger partial charge in [0.25, 0.3) is 5.91 Å². The Kier molecular flexibility index (Phi) is 4.68. The monoisotopic (exact) mass is 337 g/mol. The number of carbonyl (C=O) groups excluding carboxylic acids is 1. The van der Waals surface area contributed by atoms with Gasteiger partial charge in [-0.25, -0.2) is 12.7 Å². The molecule has 2 heterocycles. The molecule has 1 saturated carbocycles. The van der Waals surface area contributed by atoms with Crippen molar-refractivity contribution >= 4 is 15.9 Å². The lowest BCUT2D eigenvalue weighted by Gasteiger charge is -2.30. The van der Waals surface area contributed by atoms with Gasteiger partial charge in [-0.05, 0) is 43.7 Å². The van der Waals surface area contributed by atoms with Gasteiger partial charge in [0.05, 0.1) is 11.8 Å². The summed E-state index contributed by atoms with van der Waals surface area (Å²) < 4.78 is 24.9. The second kappa shape index (κ2) is 6.57. The Bertz CT molecular complexity index is 668. The third kappa shape index (κ3) is 4.29. The van der Waals surface area contributed by atoms with Crippen LogP contribution in [0.2, 0.25) is 0 Å². The number of amides is 1. The van der Waals surface area contributed by atoms with E-state index >= 15 is 0 Å². The highest BCUT2D eigenvalue weighted by molar-refractivity contribution is 7.88. The molecule has 1 aliphatic carbocycles. The zero-order valence-corrected chi connectivity index (χ0v) is 14.2. The Morgan fingerprint density at radius 2 is 2.13 bits per heavy atom. The van der Waals surface area contributed by atoms with Gasteiger partial charge in [0.1, 0.15) is 0 Å². The number of piperidine rings is 1. The molecular weight excluding hydrogens is 314 g/mol. The highest BCUT2D eigenvalue weighted by Gasteiger charge is 2.27.